The van der Waals surface area contributed by atoms with E-state index in [2.05, 4.69) is 67.3 Å². The predicted molar refractivity (Wildman–Crippen MR) is 80.4 cm³/mol. The van der Waals surface area contributed by atoms with Crippen molar-refractivity contribution in [3.8, 4) is 12.8 Å². The molecule has 2 aliphatic rings. The number of hydrogen-bond donors (Lipinski definition) is 0. The van der Waals surface area contributed by atoms with Crippen LogP contribution in [0.5, 0.6) is 0 Å². The van der Waals surface area contributed by atoms with Gasteiger partial charge in [0.25, 0.3) is 0 Å². The molecule has 92 valence electrons. The maximum atomic E-state index is 4.13. The van der Waals surface area contributed by atoms with Crippen molar-refractivity contribution in [2.24, 2.45) is 10.9 Å². The summed E-state index contributed by atoms with van der Waals surface area (Å²) in [5.41, 5.74) is 2.84. The Morgan fingerprint density at radius 2 is 2.22 bits per heavy atom. The van der Waals surface area contributed by atoms with Crippen LogP contribution in [0.25, 0.3) is 0 Å². The van der Waals surface area contributed by atoms with Gasteiger partial charge in [0.2, 0.25) is 0 Å². The SMILES string of the molecule is C#C.C/C=C\C(=C1\C=CC=CC1)C1C=CN=CC1. The number of terminal acetylenes is 1. The zero-order valence-electron chi connectivity index (χ0n) is 10.8. The fourth-order valence-corrected chi connectivity index (χ4v) is 2.07. The van der Waals surface area contributed by atoms with Gasteiger partial charge in [-0.3, -0.25) is 4.99 Å². The zero-order valence-corrected chi connectivity index (χ0v) is 10.8. The van der Waals surface area contributed by atoms with Crippen molar-refractivity contribution in [3.05, 3.63) is 59.9 Å². The molecule has 1 unspecified atom stereocenters. The van der Waals surface area contributed by atoms with Crippen LogP contribution in [0.15, 0.2) is 64.9 Å². The lowest BCUT2D eigenvalue weighted by Gasteiger charge is -2.18. The topological polar surface area (TPSA) is 12.4 Å². The molecule has 0 bridgehead atoms. The fourth-order valence-electron chi connectivity index (χ4n) is 2.07. The molecular formula is C17H19N. The lowest BCUT2D eigenvalue weighted by atomic mass is 9.88. The summed E-state index contributed by atoms with van der Waals surface area (Å²) in [6.45, 7) is 2.07. The van der Waals surface area contributed by atoms with Crippen LogP contribution in [-0.4, -0.2) is 6.21 Å². The molecule has 2 rings (SSSR count). The van der Waals surface area contributed by atoms with Gasteiger partial charge in [-0.15, -0.1) is 12.8 Å². The molecule has 1 atom stereocenters. The van der Waals surface area contributed by atoms with E-state index in [0.29, 0.717) is 5.92 Å². The molecule has 0 aromatic carbocycles. The molecule has 1 nitrogen and oxygen atoms in total. The highest BCUT2D eigenvalue weighted by Crippen LogP contribution is 2.27. The fraction of sp³-hybridized carbons (Fsp3) is 0.235. The van der Waals surface area contributed by atoms with E-state index in [1.165, 1.54) is 11.1 Å². The Labute approximate surface area is 110 Å². The average Bonchev–Trinajstić information content (AvgIpc) is 2.49. The molecule has 0 radical (unpaired) electrons. The van der Waals surface area contributed by atoms with Gasteiger partial charge >= 0.3 is 0 Å². The summed E-state index contributed by atoms with van der Waals surface area (Å²) in [7, 11) is 0. The van der Waals surface area contributed by atoms with Crippen molar-refractivity contribution < 1.29 is 0 Å². The largest absolute Gasteiger partial charge is 0.269 e. The molecule has 0 aromatic heterocycles. The van der Waals surface area contributed by atoms with Gasteiger partial charge in [0.05, 0.1) is 0 Å². The van der Waals surface area contributed by atoms with Crippen molar-refractivity contribution in [2.45, 2.75) is 19.8 Å². The van der Waals surface area contributed by atoms with E-state index in [9.17, 15) is 0 Å². The molecule has 18 heavy (non-hydrogen) atoms. The average molecular weight is 237 g/mol. The Hall–Kier alpha value is -2.07. The number of aliphatic imine (C=N–C) groups is 1. The van der Waals surface area contributed by atoms with Crippen molar-refractivity contribution in [2.75, 3.05) is 0 Å². The highest BCUT2D eigenvalue weighted by molar-refractivity contribution is 5.62. The summed E-state index contributed by atoms with van der Waals surface area (Å²) >= 11 is 0. The second-order valence-corrected chi connectivity index (χ2v) is 3.99. The highest BCUT2D eigenvalue weighted by atomic mass is 14.7. The number of hydrogen-bond acceptors (Lipinski definition) is 1. The first-order valence-corrected chi connectivity index (χ1v) is 6.12. The van der Waals surface area contributed by atoms with Gasteiger partial charge in [-0.1, -0.05) is 42.5 Å². The number of nitrogens with zero attached hydrogens (tertiary/aromatic N) is 1. The number of allylic oxidation sites excluding steroid dienone is 9. The molecular weight excluding hydrogens is 218 g/mol. The van der Waals surface area contributed by atoms with Crippen LogP contribution in [0.3, 0.4) is 0 Å². The molecule has 1 heteroatoms. The van der Waals surface area contributed by atoms with Crippen LogP contribution in [-0.2, 0) is 0 Å². The molecule has 1 aliphatic heterocycles. The monoisotopic (exact) mass is 237 g/mol. The standard InChI is InChI=1S/C15H17N.C2H2/c1-2-6-15(13-7-4-3-5-8-13)14-9-11-16-12-10-14;1-2/h2-7,9,11-12,14H,8,10H2,1H3;1-2H/b6-2-,15-13+;. The van der Waals surface area contributed by atoms with E-state index in [4.69, 9.17) is 0 Å². The molecule has 0 fully saturated rings. The van der Waals surface area contributed by atoms with Crippen LogP contribution in [0.1, 0.15) is 19.8 Å². The summed E-state index contributed by atoms with van der Waals surface area (Å²) in [4.78, 5) is 4.13. The van der Waals surface area contributed by atoms with Crippen molar-refractivity contribution in [3.63, 3.8) is 0 Å². The first-order chi connectivity index (χ1) is 8.92. The lowest BCUT2D eigenvalue weighted by molar-refractivity contribution is 0.804. The van der Waals surface area contributed by atoms with Gasteiger partial charge in [-0.05, 0) is 30.9 Å². The van der Waals surface area contributed by atoms with Gasteiger partial charge in [0.15, 0.2) is 0 Å². The van der Waals surface area contributed by atoms with Gasteiger partial charge < -0.3 is 0 Å². The summed E-state index contributed by atoms with van der Waals surface area (Å²) in [6, 6.07) is 0. The maximum absolute atomic E-state index is 4.13. The normalized spacial score (nSPS) is 23.8. The molecule has 0 N–H and O–H groups in total. The van der Waals surface area contributed by atoms with Crippen LogP contribution < -0.4 is 0 Å². The van der Waals surface area contributed by atoms with Gasteiger partial charge in [-0.2, -0.15) is 0 Å². The molecule has 1 heterocycles. The summed E-state index contributed by atoms with van der Waals surface area (Å²) in [6.07, 6.45) is 29.1. The molecule has 0 saturated heterocycles. The quantitative estimate of drug-likeness (QED) is 0.637. The van der Waals surface area contributed by atoms with Crippen molar-refractivity contribution >= 4 is 6.21 Å². The van der Waals surface area contributed by atoms with Crippen LogP contribution in [0.4, 0.5) is 0 Å². The summed E-state index contributed by atoms with van der Waals surface area (Å²) < 4.78 is 0. The molecule has 0 spiro atoms. The predicted octanol–water partition coefficient (Wildman–Crippen LogP) is 4.23. The Balaban J connectivity index is 0.000000771. The van der Waals surface area contributed by atoms with Crippen LogP contribution >= 0.6 is 0 Å². The highest BCUT2D eigenvalue weighted by Gasteiger charge is 2.13. The minimum Gasteiger partial charge on any atom is -0.269 e. The molecule has 0 aromatic rings. The van der Waals surface area contributed by atoms with Crippen LogP contribution in [0, 0.1) is 18.8 Å². The van der Waals surface area contributed by atoms with Crippen LogP contribution in [0.2, 0.25) is 0 Å². The molecule has 1 aliphatic carbocycles. The number of rotatable bonds is 2. The Bertz CT molecular complexity index is 453. The Morgan fingerprint density at radius 1 is 1.39 bits per heavy atom. The third kappa shape index (κ3) is 3.75. The van der Waals surface area contributed by atoms with E-state index in [0.717, 1.165) is 12.8 Å². The Kier molecular flexibility index (Phi) is 6.28. The maximum Gasteiger partial charge on any atom is 0.0230 e. The molecule has 0 amide bonds. The molecule has 0 saturated carbocycles. The van der Waals surface area contributed by atoms with E-state index in [1.54, 1.807) is 0 Å². The third-order valence-electron chi connectivity index (χ3n) is 2.87. The zero-order chi connectivity index (χ0) is 13.2. The van der Waals surface area contributed by atoms with E-state index >= 15 is 0 Å². The van der Waals surface area contributed by atoms with Gasteiger partial charge in [0, 0.05) is 18.3 Å². The van der Waals surface area contributed by atoms with Gasteiger partial charge in [0.1, 0.15) is 0 Å². The summed E-state index contributed by atoms with van der Waals surface area (Å²) in [5.74, 6) is 0.486. The first-order valence-electron chi connectivity index (χ1n) is 6.12. The third-order valence-corrected chi connectivity index (χ3v) is 2.87. The van der Waals surface area contributed by atoms with Crippen molar-refractivity contribution in [1.29, 1.82) is 0 Å². The van der Waals surface area contributed by atoms with E-state index in [1.807, 2.05) is 12.4 Å². The second kappa shape index (κ2) is 8.08. The first kappa shape index (κ1) is 14.0. The summed E-state index contributed by atoms with van der Waals surface area (Å²) in [5, 5.41) is 0. The van der Waals surface area contributed by atoms with Crippen molar-refractivity contribution in [1.82, 2.24) is 0 Å². The van der Waals surface area contributed by atoms with Gasteiger partial charge in [-0.25, -0.2) is 0 Å². The lowest BCUT2D eigenvalue weighted by Crippen LogP contribution is -2.05. The minimum atomic E-state index is 0.486. The van der Waals surface area contributed by atoms with E-state index in [-0.39, 0.29) is 0 Å². The Morgan fingerprint density at radius 3 is 2.78 bits per heavy atom. The smallest absolute Gasteiger partial charge is 0.0230 e. The minimum absolute atomic E-state index is 0.486. The van der Waals surface area contributed by atoms with E-state index < -0.39 is 0 Å². The second-order valence-electron chi connectivity index (χ2n) is 3.99.